The average Bonchev–Trinajstić information content (AvgIpc) is 3.55. The number of carbonyl (C=O) groups is 1. The van der Waals surface area contributed by atoms with Crippen LogP contribution >= 0.6 is 11.8 Å². The summed E-state index contributed by atoms with van der Waals surface area (Å²) in [5, 5.41) is 4.33. The number of aryl methyl sites for hydroxylation is 1. The Morgan fingerprint density at radius 3 is 2.65 bits per heavy atom. The Hall–Kier alpha value is -2.64. The zero-order valence-corrected chi connectivity index (χ0v) is 20.4. The molecular formula is C27H31N3O3S. The quantitative estimate of drug-likeness (QED) is 0.389. The smallest absolute Gasteiger partial charge is 0.262 e. The number of benzene rings is 2. The number of aromatic nitrogens is 2. The summed E-state index contributed by atoms with van der Waals surface area (Å²) in [6, 6.07) is 13.9. The van der Waals surface area contributed by atoms with Crippen molar-refractivity contribution in [2.45, 2.75) is 75.0 Å². The van der Waals surface area contributed by atoms with Crippen molar-refractivity contribution in [3.63, 3.8) is 0 Å². The molecule has 2 aromatic carbocycles. The summed E-state index contributed by atoms with van der Waals surface area (Å²) < 4.78 is 7.58. The van der Waals surface area contributed by atoms with Gasteiger partial charge in [-0.25, -0.2) is 4.98 Å². The minimum Gasteiger partial charge on any atom is -0.376 e. The lowest BCUT2D eigenvalue weighted by Gasteiger charge is -2.17. The van der Waals surface area contributed by atoms with Crippen LogP contribution in [-0.2, 0) is 17.0 Å². The van der Waals surface area contributed by atoms with Gasteiger partial charge in [-0.05, 0) is 56.4 Å². The molecule has 1 atom stereocenters. The lowest BCUT2D eigenvalue weighted by molar-refractivity contribution is 0.0935. The molecule has 0 bridgehead atoms. The molecule has 34 heavy (non-hydrogen) atoms. The van der Waals surface area contributed by atoms with Crippen molar-refractivity contribution in [1.29, 1.82) is 0 Å². The molecule has 1 aliphatic heterocycles. The van der Waals surface area contributed by atoms with Crippen LogP contribution in [0, 0.1) is 6.92 Å². The zero-order valence-electron chi connectivity index (χ0n) is 19.6. The van der Waals surface area contributed by atoms with Crippen molar-refractivity contribution in [2.75, 3.05) is 6.61 Å². The van der Waals surface area contributed by atoms with Gasteiger partial charge in [-0.15, -0.1) is 0 Å². The number of rotatable bonds is 7. The van der Waals surface area contributed by atoms with Crippen LogP contribution in [0.4, 0.5) is 0 Å². The maximum absolute atomic E-state index is 13.5. The molecule has 1 aliphatic carbocycles. The van der Waals surface area contributed by atoms with E-state index in [4.69, 9.17) is 9.72 Å². The predicted molar refractivity (Wildman–Crippen MR) is 135 cm³/mol. The Kier molecular flexibility index (Phi) is 7.02. The summed E-state index contributed by atoms with van der Waals surface area (Å²) in [4.78, 5) is 31.2. The van der Waals surface area contributed by atoms with E-state index in [1.54, 1.807) is 34.5 Å². The summed E-state index contributed by atoms with van der Waals surface area (Å²) in [5.41, 5.74) is 3.45. The van der Waals surface area contributed by atoms with Crippen LogP contribution < -0.4 is 10.9 Å². The zero-order chi connectivity index (χ0) is 23.5. The molecule has 2 heterocycles. The molecule has 1 unspecified atom stereocenters. The van der Waals surface area contributed by atoms with Crippen molar-refractivity contribution in [1.82, 2.24) is 14.9 Å². The fourth-order valence-electron chi connectivity index (χ4n) is 4.78. The van der Waals surface area contributed by atoms with Gasteiger partial charge in [0.15, 0.2) is 5.16 Å². The molecule has 3 aromatic rings. The molecule has 1 aromatic heterocycles. The summed E-state index contributed by atoms with van der Waals surface area (Å²) in [6.07, 6.45) is 6.40. The molecule has 2 aliphatic rings. The second-order valence-corrected chi connectivity index (χ2v) is 10.3. The van der Waals surface area contributed by atoms with E-state index in [0.717, 1.165) is 45.1 Å². The third kappa shape index (κ3) is 5.20. The van der Waals surface area contributed by atoms with Crippen LogP contribution in [0.3, 0.4) is 0 Å². The Labute approximate surface area is 204 Å². The van der Waals surface area contributed by atoms with Crippen LogP contribution in [0.5, 0.6) is 0 Å². The number of thioether (sulfide) groups is 1. The van der Waals surface area contributed by atoms with Gasteiger partial charge >= 0.3 is 0 Å². The number of fused-ring (bicyclic) bond motifs is 1. The van der Waals surface area contributed by atoms with Gasteiger partial charge in [-0.1, -0.05) is 54.4 Å². The molecule has 178 valence electrons. The van der Waals surface area contributed by atoms with Crippen LogP contribution in [-0.4, -0.2) is 34.2 Å². The lowest BCUT2D eigenvalue weighted by atomic mass is 10.1. The predicted octanol–water partition coefficient (Wildman–Crippen LogP) is 4.85. The van der Waals surface area contributed by atoms with Gasteiger partial charge in [0.1, 0.15) is 0 Å². The van der Waals surface area contributed by atoms with E-state index in [-0.39, 0.29) is 23.6 Å². The molecule has 0 spiro atoms. The van der Waals surface area contributed by atoms with Crippen LogP contribution in [0.1, 0.15) is 60.0 Å². The Morgan fingerprint density at radius 1 is 1.12 bits per heavy atom. The molecule has 0 radical (unpaired) electrons. The first-order valence-electron chi connectivity index (χ1n) is 12.2. The van der Waals surface area contributed by atoms with E-state index >= 15 is 0 Å². The van der Waals surface area contributed by atoms with Gasteiger partial charge in [0.2, 0.25) is 0 Å². The monoisotopic (exact) mass is 477 g/mol. The number of amides is 1. The molecule has 1 saturated carbocycles. The number of ether oxygens (including phenoxy) is 1. The maximum atomic E-state index is 13.5. The van der Waals surface area contributed by atoms with Gasteiger partial charge in [-0.2, -0.15) is 0 Å². The third-order valence-electron chi connectivity index (χ3n) is 6.77. The molecule has 1 N–H and O–H groups in total. The largest absolute Gasteiger partial charge is 0.376 e. The molecule has 6 nitrogen and oxygen atoms in total. The number of nitrogens with one attached hydrogen (secondary N) is 1. The molecule has 2 fully saturated rings. The number of carbonyl (C=O) groups excluding carboxylic acids is 1. The fourth-order valence-corrected chi connectivity index (χ4v) is 5.74. The first kappa shape index (κ1) is 23.1. The van der Waals surface area contributed by atoms with Gasteiger partial charge in [0.05, 0.1) is 23.6 Å². The third-order valence-corrected chi connectivity index (χ3v) is 7.82. The van der Waals surface area contributed by atoms with Crippen molar-refractivity contribution in [2.24, 2.45) is 0 Å². The lowest BCUT2D eigenvalue weighted by Crippen LogP contribution is -2.32. The number of hydrogen-bond acceptors (Lipinski definition) is 5. The van der Waals surface area contributed by atoms with Gasteiger partial charge < -0.3 is 10.1 Å². The summed E-state index contributed by atoms with van der Waals surface area (Å²) in [5.74, 6) is 0.624. The van der Waals surface area contributed by atoms with E-state index in [9.17, 15) is 9.59 Å². The summed E-state index contributed by atoms with van der Waals surface area (Å²) >= 11 is 1.55. The SMILES string of the molecule is Cc1ccc(CSc2nc3cc(C(=O)NC4CCCC4)ccc3c(=O)n2CC2CCCO2)cc1. The highest BCUT2D eigenvalue weighted by Gasteiger charge is 2.22. The first-order valence-corrected chi connectivity index (χ1v) is 13.2. The van der Waals surface area contributed by atoms with E-state index in [1.807, 2.05) is 0 Å². The Bertz CT molecular complexity index is 1230. The number of hydrogen-bond donors (Lipinski definition) is 1. The van der Waals surface area contributed by atoms with Gasteiger partial charge in [0.25, 0.3) is 11.5 Å². The molecule has 5 rings (SSSR count). The Morgan fingerprint density at radius 2 is 1.91 bits per heavy atom. The molecule has 7 heteroatoms. The first-order chi connectivity index (χ1) is 16.6. The van der Waals surface area contributed by atoms with Crippen molar-refractivity contribution in [3.05, 3.63) is 69.5 Å². The van der Waals surface area contributed by atoms with Crippen molar-refractivity contribution in [3.8, 4) is 0 Å². The van der Waals surface area contributed by atoms with Crippen LogP contribution in [0.25, 0.3) is 10.9 Å². The van der Waals surface area contributed by atoms with Crippen LogP contribution in [0.2, 0.25) is 0 Å². The highest BCUT2D eigenvalue weighted by atomic mass is 32.2. The van der Waals surface area contributed by atoms with Crippen molar-refractivity contribution < 1.29 is 9.53 Å². The summed E-state index contributed by atoms with van der Waals surface area (Å²) in [7, 11) is 0. The standard InChI is InChI=1S/C27H31N3O3S/c1-18-8-10-19(11-9-18)17-34-27-29-24-15-20(25(31)28-21-5-2-3-6-21)12-13-23(24)26(32)30(27)16-22-7-4-14-33-22/h8-13,15,21-22H,2-7,14,16-17H2,1H3,(H,28,31). The minimum absolute atomic E-state index is 0.0344. The average molecular weight is 478 g/mol. The highest BCUT2D eigenvalue weighted by molar-refractivity contribution is 7.98. The van der Waals surface area contributed by atoms with E-state index in [2.05, 4.69) is 36.5 Å². The maximum Gasteiger partial charge on any atom is 0.262 e. The second kappa shape index (κ2) is 10.3. The van der Waals surface area contributed by atoms with Gasteiger partial charge in [0, 0.05) is 24.0 Å². The molecule has 1 amide bonds. The van der Waals surface area contributed by atoms with E-state index < -0.39 is 0 Å². The normalized spacial score (nSPS) is 18.6. The topological polar surface area (TPSA) is 73.2 Å². The van der Waals surface area contributed by atoms with Crippen molar-refractivity contribution >= 4 is 28.6 Å². The van der Waals surface area contributed by atoms with E-state index in [0.29, 0.717) is 33.9 Å². The van der Waals surface area contributed by atoms with Gasteiger partial charge in [-0.3, -0.25) is 14.2 Å². The molecule has 1 saturated heterocycles. The van der Waals surface area contributed by atoms with Crippen LogP contribution in [0.15, 0.2) is 52.4 Å². The molecular weight excluding hydrogens is 446 g/mol. The fraction of sp³-hybridized carbons (Fsp3) is 0.444. The Balaban J connectivity index is 1.46. The minimum atomic E-state index is -0.0898. The highest BCUT2D eigenvalue weighted by Crippen LogP contribution is 2.25. The second-order valence-electron chi connectivity index (χ2n) is 9.41. The summed E-state index contributed by atoms with van der Waals surface area (Å²) in [6.45, 7) is 3.31. The number of nitrogens with zero attached hydrogens (tertiary/aromatic N) is 2. The van der Waals surface area contributed by atoms with E-state index in [1.165, 1.54) is 11.1 Å².